The monoisotopic (exact) mass is 346 g/mol. The van der Waals surface area contributed by atoms with Crippen LogP contribution in [0.3, 0.4) is 0 Å². The number of ether oxygens (including phenoxy) is 2. The van der Waals surface area contributed by atoms with E-state index in [0.29, 0.717) is 33.0 Å². The lowest BCUT2D eigenvalue weighted by atomic mass is 9.99. The Morgan fingerprint density at radius 2 is 1.00 bits per heavy atom. The number of unbranched alkanes of at least 4 members (excludes halogenated alkanes) is 6. The van der Waals surface area contributed by atoms with Crippen LogP contribution in [-0.4, -0.2) is 51.6 Å². The molecule has 0 aromatic carbocycles. The fraction of sp³-hybridized carbons (Fsp3) is 1.00. The van der Waals surface area contributed by atoms with Crippen molar-refractivity contribution in [2.24, 2.45) is 22.9 Å². The second-order valence-corrected chi connectivity index (χ2v) is 6.54. The summed E-state index contributed by atoms with van der Waals surface area (Å²) in [6.45, 7) is 4.07. The third-order valence-corrected chi connectivity index (χ3v) is 4.25. The van der Waals surface area contributed by atoms with Gasteiger partial charge in [-0.1, -0.05) is 38.5 Å². The SMILES string of the molecule is NCCCCCCCCCC(N)C(N)CCOCCOCCCN. The van der Waals surface area contributed by atoms with Gasteiger partial charge in [-0.3, -0.25) is 0 Å². The van der Waals surface area contributed by atoms with Gasteiger partial charge in [-0.15, -0.1) is 0 Å². The molecule has 2 atom stereocenters. The van der Waals surface area contributed by atoms with E-state index in [0.717, 1.165) is 32.2 Å². The summed E-state index contributed by atoms with van der Waals surface area (Å²) in [6.07, 6.45) is 11.4. The van der Waals surface area contributed by atoms with E-state index in [1.165, 1.54) is 38.5 Å². The molecule has 0 heterocycles. The highest BCUT2D eigenvalue weighted by Gasteiger charge is 2.12. The second kappa shape index (κ2) is 19.1. The minimum Gasteiger partial charge on any atom is -0.379 e. The molecule has 24 heavy (non-hydrogen) atoms. The fourth-order valence-corrected chi connectivity index (χ4v) is 2.56. The minimum absolute atomic E-state index is 0.0210. The maximum atomic E-state index is 6.16. The Morgan fingerprint density at radius 3 is 1.62 bits per heavy atom. The van der Waals surface area contributed by atoms with Crippen LogP contribution in [0.5, 0.6) is 0 Å². The van der Waals surface area contributed by atoms with Gasteiger partial charge in [0.05, 0.1) is 13.2 Å². The normalized spacial score (nSPS) is 14.0. The molecule has 6 nitrogen and oxygen atoms in total. The van der Waals surface area contributed by atoms with Crippen LogP contribution in [0.25, 0.3) is 0 Å². The van der Waals surface area contributed by atoms with E-state index < -0.39 is 0 Å². The third kappa shape index (κ3) is 16.6. The predicted molar refractivity (Wildman–Crippen MR) is 102 cm³/mol. The smallest absolute Gasteiger partial charge is 0.0700 e. The molecule has 0 spiro atoms. The summed E-state index contributed by atoms with van der Waals surface area (Å²) >= 11 is 0. The van der Waals surface area contributed by atoms with Gasteiger partial charge in [0.15, 0.2) is 0 Å². The first-order chi connectivity index (χ1) is 11.7. The summed E-state index contributed by atoms with van der Waals surface area (Å²) in [5.74, 6) is 0. The Labute approximate surface area is 149 Å². The average Bonchev–Trinajstić information content (AvgIpc) is 2.59. The first-order valence-electron chi connectivity index (χ1n) is 9.79. The van der Waals surface area contributed by atoms with Gasteiger partial charge >= 0.3 is 0 Å². The van der Waals surface area contributed by atoms with Gasteiger partial charge in [-0.25, -0.2) is 0 Å². The number of hydrogen-bond acceptors (Lipinski definition) is 6. The quantitative estimate of drug-likeness (QED) is 0.263. The van der Waals surface area contributed by atoms with Crippen molar-refractivity contribution in [1.82, 2.24) is 0 Å². The Balaban J connectivity index is 3.32. The highest BCUT2D eigenvalue weighted by atomic mass is 16.5. The summed E-state index contributed by atoms with van der Waals surface area (Å²) in [6, 6.07) is 0.0966. The van der Waals surface area contributed by atoms with E-state index in [4.69, 9.17) is 32.4 Å². The number of nitrogens with two attached hydrogens (primary N) is 4. The molecular formula is C18H42N4O2. The molecule has 0 aromatic heterocycles. The highest BCUT2D eigenvalue weighted by Crippen LogP contribution is 2.10. The molecular weight excluding hydrogens is 304 g/mol. The second-order valence-electron chi connectivity index (χ2n) is 6.54. The van der Waals surface area contributed by atoms with Gasteiger partial charge in [0, 0.05) is 25.3 Å². The van der Waals surface area contributed by atoms with E-state index in [1.54, 1.807) is 0 Å². The van der Waals surface area contributed by atoms with Gasteiger partial charge in [-0.2, -0.15) is 0 Å². The maximum absolute atomic E-state index is 6.16. The Morgan fingerprint density at radius 1 is 0.500 bits per heavy atom. The topological polar surface area (TPSA) is 123 Å². The van der Waals surface area contributed by atoms with Gasteiger partial charge < -0.3 is 32.4 Å². The zero-order valence-corrected chi connectivity index (χ0v) is 15.6. The van der Waals surface area contributed by atoms with Crippen LogP contribution in [0.1, 0.15) is 64.2 Å². The van der Waals surface area contributed by atoms with Crippen LogP contribution < -0.4 is 22.9 Å². The largest absolute Gasteiger partial charge is 0.379 e. The summed E-state index contributed by atoms with van der Waals surface area (Å²) in [4.78, 5) is 0. The molecule has 0 aliphatic heterocycles. The van der Waals surface area contributed by atoms with Gasteiger partial charge in [-0.05, 0) is 38.8 Å². The van der Waals surface area contributed by atoms with Crippen LogP contribution in [-0.2, 0) is 9.47 Å². The number of hydrogen-bond donors (Lipinski definition) is 4. The van der Waals surface area contributed by atoms with Crippen molar-refractivity contribution in [2.75, 3.05) is 39.5 Å². The third-order valence-electron chi connectivity index (χ3n) is 4.25. The molecule has 146 valence electrons. The molecule has 0 saturated carbocycles. The summed E-state index contributed by atoms with van der Waals surface area (Å²) in [5, 5.41) is 0. The molecule has 0 radical (unpaired) electrons. The predicted octanol–water partition coefficient (Wildman–Crippen LogP) is 1.49. The van der Waals surface area contributed by atoms with Crippen molar-refractivity contribution in [3.63, 3.8) is 0 Å². The molecule has 8 N–H and O–H groups in total. The molecule has 2 unspecified atom stereocenters. The number of rotatable bonds is 19. The Bertz CT molecular complexity index is 221. The van der Waals surface area contributed by atoms with Crippen LogP contribution in [0, 0.1) is 0 Å². The van der Waals surface area contributed by atoms with Crippen molar-refractivity contribution < 1.29 is 9.47 Å². The average molecular weight is 347 g/mol. The summed E-state index contributed by atoms with van der Waals surface area (Å²) < 4.78 is 10.9. The van der Waals surface area contributed by atoms with Crippen LogP contribution in [0.15, 0.2) is 0 Å². The van der Waals surface area contributed by atoms with Crippen molar-refractivity contribution in [1.29, 1.82) is 0 Å². The molecule has 0 saturated heterocycles. The maximum Gasteiger partial charge on any atom is 0.0700 e. The molecule has 0 bridgehead atoms. The summed E-state index contributed by atoms with van der Waals surface area (Å²) in [5.41, 5.74) is 23.2. The zero-order chi connectivity index (χ0) is 17.9. The van der Waals surface area contributed by atoms with Crippen LogP contribution in [0.2, 0.25) is 0 Å². The molecule has 0 amide bonds. The Hall–Kier alpha value is -0.240. The minimum atomic E-state index is 0.0210. The first kappa shape index (κ1) is 23.8. The molecule has 0 aliphatic rings. The van der Waals surface area contributed by atoms with E-state index in [9.17, 15) is 0 Å². The first-order valence-corrected chi connectivity index (χ1v) is 9.79. The van der Waals surface area contributed by atoms with Gasteiger partial charge in [0.1, 0.15) is 0 Å². The van der Waals surface area contributed by atoms with Crippen molar-refractivity contribution in [2.45, 2.75) is 76.3 Å². The van der Waals surface area contributed by atoms with Crippen LogP contribution in [0.4, 0.5) is 0 Å². The van der Waals surface area contributed by atoms with Crippen LogP contribution >= 0.6 is 0 Å². The van der Waals surface area contributed by atoms with Gasteiger partial charge in [0.25, 0.3) is 0 Å². The lowest BCUT2D eigenvalue weighted by Gasteiger charge is -2.19. The molecule has 0 rings (SSSR count). The van der Waals surface area contributed by atoms with Crippen molar-refractivity contribution >= 4 is 0 Å². The highest BCUT2D eigenvalue weighted by molar-refractivity contribution is 4.75. The van der Waals surface area contributed by atoms with E-state index in [1.807, 2.05) is 0 Å². The van der Waals surface area contributed by atoms with Crippen molar-refractivity contribution in [3.05, 3.63) is 0 Å². The molecule has 0 aromatic rings. The summed E-state index contributed by atoms with van der Waals surface area (Å²) in [7, 11) is 0. The molecule has 0 fully saturated rings. The van der Waals surface area contributed by atoms with E-state index >= 15 is 0 Å². The van der Waals surface area contributed by atoms with Crippen molar-refractivity contribution in [3.8, 4) is 0 Å². The fourth-order valence-electron chi connectivity index (χ4n) is 2.56. The lowest BCUT2D eigenvalue weighted by molar-refractivity contribution is 0.0443. The Kier molecular flexibility index (Phi) is 18.9. The molecule has 0 aliphatic carbocycles. The molecule has 6 heteroatoms. The standard InChI is InChI=1S/C18H42N4O2/c19-11-7-5-3-1-2-4-6-9-17(21)18(22)10-14-24-16-15-23-13-8-12-20/h17-18H,1-16,19-22H2. The van der Waals surface area contributed by atoms with Gasteiger partial charge in [0.2, 0.25) is 0 Å². The zero-order valence-electron chi connectivity index (χ0n) is 15.6. The van der Waals surface area contributed by atoms with E-state index in [-0.39, 0.29) is 12.1 Å². The van der Waals surface area contributed by atoms with E-state index in [2.05, 4.69) is 0 Å². The lowest BCUT2D eigenvalue weighted by Crippen LogP contribution is -2.42.